The highest BCUT2D eigenvalue weighted by Gasteiger charge is 2.20. The Morgan fingerprint density at radius 2 is 1.55 bits per heavy atom. The van der Waals surface area contributed by atoms with E-state index >= 15 is 0 Å². The Kier molecular flexibility index (Phi) is 8.15. The summed E-state index contributed by atoms with van der Waals surface area (Å²) in [6, 6.07) is 30.4. The van der Waals surface area contributed by atoms with E-state index in [9.17, 15) is 0 Å². The number of allylic oxidation sites excluding steroid dienone is 2. The third-order valence-corrected chi connectivity index (χ3v) is 7.43. The van der Waals surface area contributed by atoms with Crippen LogP contribution in [0.1, 0.15) is 30.7 Å². The summed E-state index contributed by atoms with van der Waals surface area (Å²) in [6.07, 6.45) is 9.90. The molecule has 214 valence electrons. The Bertz CT molecular complexity index is 2050. The summed E-state index contributed by atoms with van der Waals surface area (Å²) < 4.78 is 2.14. The molecule has 0 bridgehead atoms. The molecule has 0 unspecified atom stereocenters. The molecule has 0 aliphatic heterocycles. The van der Waals surface area contributed by atoms with Crippen LogP contribution in [0.15, 0.2) is 134 Å². The van der Waals surface area contributed by atoms with Crippen LogP contribution in [0.4, 0.5) is 0 Å². The fraction of sp³-hybridized carbons (Fsp3) is 0.0789. The predicted molar refractivity (Wildman–Crippen MR) is 182 cm³/mol. The molecule has 3 aromatic carbocycles. The van der Waals surface area contributed by atoms with Crippen molar-refractivity contribution in [2.45, 2.75) is 20.3 Å². The van der Waals surface area contributed by atoms with Gasteiger partial charge in [0.05, 0.1) is 16.9 Å². The zero-order chi connectivity index (χ0) is 30.5. The first-order valence-electron chi connectivity index (χ1n) is 14.6. The number of aliphatic imine (C=N–C) groups is 1. The number of benzene rings is 3. The minimum absolute atomic E-state index is 0.548. The van der Waals surface area contributed by atoms with Gasteiger partial charge >= 0.3 is 0 Å². The van der Waals surface area contributed by atoms with Crippen molar-refractivity contribution in [3.8, 4) is 40.0 Å². The first kappa shape index (κ1) is 28.4. The molecule has 0 N–H and O–H groups in total. The molecule has 6 nitrogen and oxygen atoms in total. The molecule has 0 saturated heterocycles. The van der Waals surface area contributed by atoms with Gasteiger partial charge < -0.3 is 0 Å². The second-order valence-electron chi connectivity index (χ2n) is 10.1. The van der Waals surface area contributed by atoms with Crippen molar-refractivity contribution in [2.24, 2.45) is 4.99 Å². The number of fused-ring (bicyclic) bond motifs is 1. The number of hydrogen-bond donors (Lipinski definition) is 0. The molecule has 44 heavy (non-hydrogen) atoms. The molecule has 0 aliphatic rings. The first-order valence-corrected chi connectivity index (χ1v) is 14.6. The molecule has 6 aromatic rings. The Morgan fingerprint density at radius 1 is 0.818 bits per heavy atom. The smallest absolute Gasteiger partial charge is 0.238 e. The lowest BCUT2D eigenvalue weighted by Gasteiger charge is -2.13. The number of rotatable bonds is 9. The second-order valence-corrected chi connectivity index (χ2v) is 10.1. The maximum Gasteiger partial charge on any atom is 0.238 e. The summed E-state index contributed by atoms with van der Waals surface area (Å²) in [5.41, 5.74) is 8.47. The highest BCUT2D eigenvalue weighted by atomic mass is 15.2. The first-order chi connectivity index (χ1) is 21.6. The Labute approximate surface area is 257 Å². The molecule has 6 rings (SSSR count). The lowest BCUT2D eigenvalue weighted by Crippen LogP contribution is -2.09. The van der Waals surface area contributed by atoms with E-state index in [1.807, 2.05) is 91.9 Å². The van der Waals surface area contributed by atoms with E-state index < -0.39 is 0 Å². The molecule has 3 aromatic heterocycles. The molecule has 0 aliphatic carbocycles. The van der Waals surface area contributed by atoms with Crippen molar-refractivity contribution < 1.29 is 0 Å². The second kappa shape index (κ2) is 12.6. The van der Waals surface area contributed by atoms with E-state index in [1.54, 1.807) is 18.5 Å². The highest BCUT2D eigenvalue weighted by molar-refractivity contribution is 6.09. The molecule has 0 atom stereocenters. The molecular formula is C38H32N6. The van der Waals surface area contributed by atoms with Crippen LogP contribution in [-0.4, -0.2) is 30.2 Å². The van der Waals surface area contributed by atoms with Crippen LogP contribution >= 0.6 is 0 Å². The summed E-state index contributed by atoms with van der Waals surface area (Å²) >= 11 is 0. The summed E-state index contributed by atoms with van der Waals surface area (Å²) in [6.45, 7) is 12.2. The topological polar surface area (TPSA) is 68.8 Å². The van der Waals surface area contributed by atoms with Gasteiger partial charge in [0.25, 0.3) is 0 Å². The summed E-state index contributed by atoms with van der Waals surface area (Å²) in [4.78, 5) is 24.3. The number of para-hydroxylation sites is 1. The molecule has 0 fully saturated rings. The van der Waals surface area contributed by atoms with Gasteiger partial charge in [0.2, 0.25) is 5.95 Å². The van der Waals surface area contributed by atoms with Gasteiger partial charge in [-0.2, -0.15) is 9.97 Å². The molecule has 0 spiro atoms. The summed E-state index contributed by atoms with van der Waals surface area (Å²) in [5, 5.41) is 1.11. The maximum absolute atomic E-state index is 5.09. The Hall–Kier alpha value is -5.75. The maximum atomic E-state index is 5.09. The van der Waals surface area contributed by atoms with Gasteiger partial charge in [-0.05, 0) is 49.8 Å². The van der Waals surface area contributed by atoms with Crippen LogP contribution in [0, 0.1) is 0 Å². The zero-order valence-electron chi connectivity index (χ0n) is 24.9. The van der Waals surface area contributed by atoms with Gasteiger partial charge in [-0.3, -0.25) is 14.5 Å². The van der Waals surface area contributed by atoms with Gasteiger partial charge in [-0.15, -0.1) is 0 Å². The van der Waals surface area contributed by atoms with Crippen LogP contribution in [0.25, 0.3) is 57.0 Å². The molecule has 0 radical (unpaired) electrons. The SMILES string of the molecule is C=CC(=N/C=C\C)c1cccc(-c2nc(-c3cccc(-c4ccccn4)c3)nc(-n3c(CC)c(C=C)c4ccccc43)n2)c1. The Balaban J connectivity index is 1.61. The van der Waals surface area contributed by atoms with Crippen LogP contribution in [-0.2, 0) is 6.42 Å². The van der Waals surface area contributed by atoms with Crippen LogP contribution in [0.3, 0.4) is 0 Å². The molecular weight excluding hydrogens is 540 g/mol. The minimum atomic E-state index is 0.548. The van der Waals surface area contributed by atoms with E-state index in [1.165, 1.54) is 0 Å². The van der Waals surface area contributed by atoms with Crippen molar-refractivity contribution in [3.05, 3.63) is 146 Å². The lowest BCUT2D eigenvalue weighted by molar-refractivity contribution is 0.871. The Morgan fingerprint density at radius 3 is 2.25 bits per heavy atom. The largest absolute Gasteiger partial charge is 0.282 e. The summed E-state index contributed by atoms with van der Waals surface area (Å²) in [7, 11) is 0. The number of nitrogens with zero attached hydrogens (tertiary/aromatic N) is 6. The third-order valence-electron chi connectivity index (χ3n) is 7.43. The monoisotopic (exact) mass is 572 g/mol. The van der Waals surface area contributed by atoms with Gasteiger partial charge in [0.1, 0.15) is 0 Å². The average Bonchev–Trinajstić information content (AvgIpc) is 3.42. The number of pyridine rings is 1. The van der Waals surface area contributed by atoms with E-state index in [4.69, 9.17) is 15.0 Å². The number of hydrogen-bond acceptors (Lipinski definition) is 5. The molecule has 0 saturated carbocycles. The fourth-order valence-corrected chi connectivity index (χ4v) is 5.41. The van der Waals surface area contributed by atoms with Crippen LogP contribution in [0.5, 0.6) is 0 Å². The quantitative estimate of drug-likeness (QED) is 0.162. The van der Waals surface area contributed by atoms with Crippen molar-refractivity contribution in [1.29, 1.82) is 0 Å². The summed E-state index contributed by atoms with van der Waals surface area (Å²) in [5.74, 6) is 1.68. The average molecular weight is 573 g/mol. The van der Waals surface area contributed by atoms with E-state index in [0.717, 1.165) is 62.2 Å². The highest BCUT2D eigenvalue weighted by Crippen LogP contribution is 2.32. The van der Waals surface area contributed by atoms with E-state index in [0.29, 0.717) is 17.6 Å². The lowest BCUT2D eigenvalue weighted by atomic mass is 10.1. The van der Waals surface area contributed by atoms with Gasteiger partial charge in [-0.1, -0.05) is 92.9 Å². The normalized spacial score (nSPS) is 11.7. The molecule has 6 heteroatoms. The standard InChI is InChI=1S/C38H32N6/c1-5-22-39-32(7-3)26-15-13-17-28(24-26)36-41-37(29-18-14-16-27(25-29)33-20-11-12-23-40-33)43-38(42-36)44-34(8-4)30(6-2)31-19-9-10-21-35(31)44/h5-7,9-25H,2-3,8H2,1,4H3/b22-5-,39-32?. The van der Waals surface area contributed by atoms with Gasteiger partial charge in [0.15, 0.2) is 11.6 Å². The molecule has 0 amide bonds. The third kappa shape index (κ3) is 5.41. The van der Waals surface area contributed by atoms with Crippen LogP contribution in [0.2, 0.25) is 0 Å². The zero-order valence-corrected chi connectivity index (χ0v) is 24.9. The van der Waals surface area contributed by atoms with Crippen molar-refractivity contribution in [1.82, 2.24) is 24.5 Å². The molecule has 3 heterocycles. The van der Waals surface area contributed by atoms with Gasteiger partial charge in [0, 0.05) is 51.3 Å². The van der Waals surface area contributed by atoms with Crippen molar-refractivity contribution >= 4 is 22.7 Å². The van der Waals surface area contributed by atoms with Crippen molar-refractivity contribution in [2.75, 3.05) is 0 Å². The van der Waals surface area contributed by atoms with E-state index in [-0.39, 0.29) is 0 Å². The van der Waals surface area contributed by atoms with Gasteiger partial charge in [-0.25, -0.2) is 4.98 Å². The van der Waals surface area contributed by atoms with E-state index in [2.05, 4.69) is 52.8 Å². The predicted octanol–water partition coefficient (Wildman–Crippen LogP) is 8.93. The fourth-order valence-electron chi connectivity index (χ4n) is 5.41. The van der Waals surface area contributed by atoms with Crippen LogP contribution < -0.4 is 0 Å². The minimum Gasteiger partial charge on any atom is -0.282 e. The number of aromatic nitrogens is 5. The van der Waals surface area contributed by atoms with Crippen molar-refractivity contribution in [3.63, 3.8) is 0 Å².